The number of carbonyl (C=O) groups excluding carboxylic acids is 1. The normalized spacial score (nSPS) is 14.5. The number of carbonyl (C=O) groups is 1. The number of benzene rings is 1. The van der Waals surface area contributed by atoms with Crippen LogP contribution in [0.15, 0.2) is 30.3 Å². The van der Waals surface area contributed by atoms with Crippen LogP contribution in [-0.2, 0) is 11.2 Å². The number of nitrogens with zero attached hydrogens (tertiary/aromatic N) is 1. The van der Waals surface area contributed by atoms with Gasteiger partial charge in [0.15, 0.2) is 0 Å². The molecule has 0 atom stereocenters. The van der Waals surface area contributed by atoms with Gasteiger partial charge in [0.25, 0.3) is 0 Å². The molecule has 2 rings (SSSR count). The summed E-state index contributed by atoms with van der Waals surface area (Å²) in [6, 6.07) is 10.3. The second-order valence-electron chi connectivity index (χ2n) is 5.05. The summed E-state index contributed by atoms with van der Waals surface area (Å²) in [4.78, 5) is 14.0. The zero-order valence-corrected chi connectivity index (χ0v) is 10.8. The average Bonchev–Trinajstić information content (AvgIpc) is 3.19. The molecule has 0 spiro atoms. The molecule has 1 aromatic carbocycles. The lowest BCUT2D eigenvalue weighted by Gasteiger charge is -2.22. The number of hydrogen-bond acceptors (Lipinski definition) is 2. The zero-order valence-electron chi connectivity index (χ0n) is 10.8. The van der Waals surface area contributed by atoms with E-state index in [1.165, 1.54) is 18.4 Å². The first-order valence-electron chi connectivity index (χ1n) is 6.81. The van der Waals surface area contributed by atoms with Crippen LogP contribution >= 0.6 is 0 Å². The molecule has 0 radical (unpaired) electrons. The van der Waals surface area contributed by atoms with Gasteiger partial charge in [0.05, 0.1) is 0 Å². The minimum absolute atomic E-state index is 0.277. The van der Waals surface area contributed by atoms with E-state index in [2.05, 4.69) is 12.1 Å². The van der Waals surface area contributed by atoms with Crippen LogP contribution in [0.2, 0.25) is 0 Å². The largest absolute Gasteiger partial charge is 0.341 e. The van der Waals surface area contributed by atoms with Crippen molar-refractivity contribution in [3.63, 3.8) is 0 Å². The molecule has 98 valence electrons. The maximum absolute atomic E-state index is 12.1. The van der Waals surface area contributed by atoms with Crippen LogP contribution in [0.3, 0.4) is 0 Å². The third-order valence-electron chi connectivity index (χ3n) is 3.43. The Kier molecular flexibility index (Phi) is 4.76. The van der Waals surface area contributed by atoms with E-state index in [0.717, 1.165) is 19.4 Å². The molecule has 0 bridgehead atoms. The third kappa shape index (κ3) is 4.15. The molecule has 2 N–H and O–H groups in total. The van der Waals surface area contributed by atoms with E-state index in [1.54, 1.807) is 0 Å². The van der Waals surface area contributed by atoms with Crippen molar-refractivity contribution < 1.29 is 4.79 Å². The minimum atomic E-state index is 0.277. The van der Waals surface area contributed by atoms with Crippen molar-refractivity contribution in [1.29, 1.82) is 0 Å². The van der Waals surface area contributed by atoms with Gasteiger partial charge in [-0.15, -0.1) is 0 Å². The van der Waals surface area contributed by atoms with Gasteiger partial charge in [0.2, 0.25) is 5.91 Å². The minimum Gasteiger partial charge on any atom is -0.341 e. The molecule has 0 aliphatic heterocycles. The molecule has 0 heterocycles. The quantitative estimate of drug-likeness (QED) is 0.797. The van der Waals surface area contributed by atoms with E-state index in [0.29, 0.717) is 19.0 Å². The van der Waals surface area contributed by atoms with Gasteiger partial charge in [-0.2, -0.15) is 0 Å². The number of hydrogen-bond donors (Lipinski definition) is 1. The SMILES string of the molecule is NCCN(CCc1ccccc1)C(=O)CC1CC1. The van der Waals surface area contributed by atoms with Gasteiger partial charge < -0.3 is 10.6 Å². The summed E-state index contributed by atoms with van der Waals surface area (Å²) in [5, 5.41) is 0. The molecular weight excluding hydrogens is 224 g/mol. The summed E-state index contributed by atoms with van der Waals surface area (Å²) in [5.41, 5.74) is 6.87. The van der Waals surface area contributed by atoms with Crippen LogP contribution in [0.4, 0.5) is 0 Å². The molecule has 1 saturated carbocycles. The van der Waals surface area contributed by atoms with Gasteiger partial charge in [0, 0.05) is 26.1 Å². The summed E-state index contributed by atoms with van der Waals surface area (Å²) < 4.78 is 0. The Morgan fingerprint density at radius 3 is 2.56 bits per heavy atom. The highest BCUT2D eigenvalue weighted by molar-refractivity contribution is 5.76. The van der Waals surface area contributed by atoms with Crippen molar-refractivity contribution in [1.82, 2.24) is 4.90 Å². The fourth-order valence-electron chi connectivity index (χ4n) is 2.12. The van der Waals surface area contributed by atoms with Crippen LogP contribution in [0, 0.1) is 5.92 Å². The molecule has 0 unspecified atom stereocenters. The first-order valence-corrected chi connectivity index (χ1v) is 6.81. The van der Waals surface area contributed by atoms with E-state index in [-0.39, 0.29) is 5.91 Å². The second kappa shape index (κ2) is 6.55. The highest BCUT2D eigenvalue weighted by Crippen LogP contribution is 2.32. The summed E-state index contributed by atoms with van der Waals surface area (Å²) in [5.74, 6) is 0.924. The summed E-state index contributed by atoms with van der Waals surface area (Å²) in [7, 11) is 0. The van der Waals surface area contributed by atoms with Crippen molar-refractivity contribution in [2.75, 3.05) is 19.6 Å². The topological polar surface area (TPSA) is 46.3 Å². The van der Waals surface area contributed by atoms with E-state index in [9.17, 15) is 4.79 Å². The molecule has 18 heavy (non-hydrogen) atoms. The Morgan fingerprint density at radius 2 is 1.94 bits per heavy atom. The molecule has 1 aliphatic carbocycles. The second-order valence-corrected chi connectivity index (χ2v) is 5.05. The standard InChI is InChI=1S/C15H22N2O/c16-9-11-17(15(18)12-14-6-7-14)10-8-13-4-2-1-3-5-13/h1-5,14H,6-12,16H2. The van der Waals surface area contributed by atoms with Crippen LogP contribution in [0.5, 0.6) is 0 Å². The van der Waals surface area contributed by atoms with Gasteiger partial charge in [-0.05, 0) is 30.7 Å². The van der Waals surface area contributed by atoms with Crippen molar-refractivity contribution in [3.8, 4) is 0 Å². The van der Waals surface area contributed by atoms with E-state index < -0.39 is 0 Å². The molecule has 1 aliphatic rings. The van der Waals surface area contributed by atoms with Crippen LogP contribution in [0.1, 0.15) is 24.8 Å². The maximum Gasteiger partial charge on any atom is 0.222 e. The summed E-state index contributed by atoms with van der Waals surface area (Å²) in [6.45, 7) is 2.01. The maximum atomic E-state index is 12.1. The molecule has 3 nitrogen and oxygen atoms in total. The molecule has 0 saturated heterocycles. The van der Waals surface area contributed by atoms with Crippen molar-refractivity contribution in [3.05, 3.63) is 35.9 Å². The van der Waals surface area contributed by atoms with Gasteiger partial charge in [-0.3, -0.25) is 4.79 Å². The lowest BCUT2D eigenvalue weighted by Crippen LogP contribution is -2.37. The van der Waals surface area contributed by atoms with E-state index in [1.807, 2.05) is 23.1 Å². The average molecular weight is 246 g/mol. The van der Waals surface area contributed by atoms with E-state index >= 15 is 0 Å². The molecular formula is C15H22N2O. The Hall–Kier alpha value is -1.35. The third-order valence-corrected chi connectivity index (χ3v) is 3.43. The Labute approximate surface area is 109 Å². The number of amides is 1. The van der Waals surface area contributed by atoms with Crippen molar-refractivity contribution in [2.45, 2.75) is 25.7 Å². The van der Waals surface area contributed by atoms with E-state index in [4.69, 9.17) is 5.73 Å². The number of rotatable bonds is 7. The smallest absolute Gasteiger partial charge is 0.222 e. The summed E-state index contributed by atoms with van der Waals surface area (Å²) in [6.07, 6.45) is 4.08. The van der Waals surface area contributed by atoms with Crippen LogP contribution < -0.4 is 5.73 Å². The van der Waals surface area contributed by atoms with Gasteiger partial charge >= 0.3 is 0 Å². The fourth-order valence-corrected chi connectivity index (χ4v) is 2.12. The highest BCUT2D eigenvalue weighted by Gasteiger charge is 2.26. The van der Waals surface area contributed by atoms with Crippen LogP contribution in [0.25, 0.3) is 0 Å². The predicted octanol–water partition coefficient (Wildman–Crippen LogP) is 1.82. The molecule has 1 aromatic rings. The summed E-state index contributed by atoms with van der Waals surface area (Å²) >= 11 is 0. The highest BCUT2D eigenvalue weighted by atomic mass is 16.2. The lowest BCUT2D eigenvalue weighted by atomic mass is 10.1. The molecule has 3 heteroatoms. The van der Waals surface area contributed by atoms with Crippen molar-refractivity contribution >= 4 is 5.91 Å². The predicted molar refractivity (Wildman–Crippen MR) is 73.1 cm³/mol. The zero-order chi connectivity index (χ0) is 12.8. The Bertz CT molecular complexity index is 373. The Balaban J connectivity index is 1.83. The first kappa shape index (κ1) is 13.1. The Morgan fingerprint density at radius 1 is 1.22 bits per heavy atom. The first-order chi connectivity index (χ1) is 8.79. The molecule has 1 fully saturated rings. The number of nitrogens with two attached hydrogens (primary N) is 1. The molecule has 0 aromatic heterocycles. The lowest BCUT2D eigenvalue weighted by molar-refractivity contribution is -0.131. The van der Waals surface area contributed by atoms with Gasteiger partial charge in [-0.1, -0.05) is 30.3 Å². The van der Waals surface area contributed by atoms with Gasteiger partial charge in [-0.25, -0.2) is 0 Å². The van der Waals surface area contributed by atoms with Gasteiger partial charge in [0.1, 0.15) is 0 Å². The monoisotopic (exact) mass is 246 g/mol. The van der Waals surface area contributed by atoms with Crippen molar-refractivity contribution in [2.24, 2.45) is 11.7 Å². The molecule has 1 amide bonds. The fraction of sp³-hybridized carbons (Fsp3) is 0.533. The van der Waals surface area contributed by atoms with Crippen LogP contribution in [-0.4, -0.2) is 30.4 Å².